The van der Waals surface area contributed by atoms with Gasteiger partial charge in [0.2, 0.25) is 0 Å². The fraction of sp³-hybridized carbons (Fsp3) is 0.176. The lowest BCUT2D eigenvalue weighted by molar-refractivity contribution is -0.117. The highest BCUT2D eigenvalue weighted by Gasteiger charge is 2.26. The maximum absolute atomic E-state index is 13.3. The maximum atomic E-state index is 13.3. The van der Waals surface area contributed by atoms with E-state index in [0.29, 0.717) is 0 Å². The Morgan fingerprint density at radius 3 is 1.49 bits per heavy atom. The van der Waals surface area contributed by atoms with Crippen LogP contribution in [-0.4, -0.2) is 41.9 Å². The summed E-state index contributed by atoms with van der Waals surface area (Å²) < 4.78 is 0. The highest BCUT2D eigenvalue weighted by Crippen LogP contribution is 2.29. The van der Waals surface area contributed by atoms with Crippen LogP contribution in [0.4, 0.5) is 0 Å². The number of rotatable bonds is 8. The number of carbonyl (C=O) groups excluding carboxylic acids is 1. The lowest BCUT2D eigenvalue weighted by Gasteiger charge is -2.39. The molecule has 0 spiro atoms. The van der Waals surface area contributed by atoms with Crippen molar-refractivity contribution < 1.29 is 4.79 Å². The number of piperazine rings is 1. The van der Waals surface area contributed by atoms with Crippen molar-refractivity contribution >= 4 is 5.91 Å². The first-order valence-corrected chi connectivity index (χ1v) is 13.3. The highest BCUT2D eigenvalue weighted by molar-refractivity contribution is 5.97. The van der Waals surface area contributed by atoms with Crippen LogP contribution in [0.2, 0.25) is 0 Å². The number of nitrogens with zero attached hydrogens (tertiary/aromatic N) is 3. The number of carbonyl (C=O) groups is 1. The summed E-state index contributed by atoms with van der Waals surface area (Å²) in [5, 5.41) is 13.0. The molecule has 1 heterocycles. The number of hydrogen-bond acceptors (Lipinski definition) is 4. The number of nitrogens with one attached hydrogen (secondary N) is 1. The lowest BCUT2D eigenvalue weighted by Crippen LogP contribution is -2.46. The molecule has 0 bridgehead atoms. The first kappa shape index (κ1) is 26.0. The van der Waals surface area contributed by atoms with Crippen molar-refractivity contribution in [3.63, 3.8) is 0 Å². The molecule has 1 aliphatic rings. The molecule has 1 fully saturated rings. The van der Waals surface area contributed by atoms with Crippen LogP contribution < -0.4 is 5.32 Å². The van der Waals surface area contributed by atoms with Gasteiger partial charge in [-0.3, -0.25) is 9.69 Å². The van der Waals surface area contributed by atoms with Crippen molar-refractivity contribution in [2.24, 2.45) is 0 Å². The van der Waals surface area contributed by atoms with Gasteiger partial charge in [0.1, 0.15) is 11.6 Å². The fourth-order valence-corrected chi connectivity index (χ4v) is 5.19. The Bertz CT molecular complexity index is 1330. The van der Waals surface area contributed by atoms with E-state index in [4.69, 9.17) is 0 Å². The average Bonchev–Trinajstić information content (AvgIpc) is 3.01. The summed E-state index contributed by atoms with van der Waals surface area (Å²) in [7, 11) is 0. The minimum Gasteiger partial charge on any atom is -0.374 e. The van der Waals surface area contributed by atoms with E-state index in [-0.39, 0.29) is 23.6 Å². The number of amides is 1. The van der Waals surface area contributed by atoms with Crippen LogP contribution in [0.25, 0.3) is 0 Å². The molecule has 1 N–H and O–H groups in total. The molecule has 0 unspecified atom stereocenters. The standard InChI is InChI=1S/C34H32N4O/c35-25-31(34(39)36-32(27-13-5-1-6-14-27)28-15-7-2-8-16-28)26-37-21-23-38(24-22-37)33(29-17-9-3-10-18-29)30-19-11-4-12-20-30/h1-20,26,32-33H,21-24H2,(H,36,39)/b31-26-. The molecule has 5 rings (SSSR count). The lowest BCUT2D eigenvalue weighted by atomic mass is 9.96. The Morgan fingerprint density at radius 2 is 1.08 bits per heavy atom. The van der Waals surface area contributed by atoms with Crippen LogP contribution >= 0.6 is 0 Å². The molecule has 5 heteroatoms. The molecule has 5 nitrogen and oxygen atoms in total. The molecular weight excluding hydrogens is 480 g/mol. The normalized spacial score (nSPS) is 14.3. The molecule has 39 heavy (non-hydrogen) atoms. The summed E-state index contributed by atoms with van der Waals surface area (Å²) >= 11 is 0. The smallest absolute Gasteiger partial charge is 0.264 e. The van der Waals surface area contributed by atoms with Gasteiger partial charge in [-0.25, -0.2) is 0 Å². The van der Waals surface area contributed by atoms with Crippen LogP contribution in [0, 0.1) is 11.3 Å². The Kier molecular flexibility index (Phi) is 8.48. The Labute approximate surface area is 230 Å². The van der Waals surface area contributed by atoms with Crippen molar-refractivity contribution in [2.75, 3.05) is 26.2 Å². The van der Waals surface area contributed by atoms with Crippen molar-refractivity contribution in [2.45, 2.75) is 12.1 Å². The van der Waals surface area contributed by atoms with Gasteiger partial charge in [-0.15, -0.1) is 0 Å². The van der Waals surface area contributed by atoms with Gasteiger partial charge in [0.05, 0.1) is 12.1 Å². The van der Waals surface area contributed by atoms with E-state index in [1.165, 1.54) is 11.1 Å². The number of benzene rings is 4. The zero-order valence-corrected chi connectivity index (χ0v) is 21.9. The van der Waals surface area contributed by atoms with E-state index in [2.05, 4.69) is 69.7 Å². The molecule has 4 aromatic rings. The minimum atomic E-state index is -0.371. The monoisotopic (exact) mass is 512 g/mol. The van der Waals surface area contributed by atoms with Gasteiger partial charge in [-0.1, -0.05) is 121 Å². The second-order valence-electron chi connectivity index (χ2n) is 9.68. The van der Waals surface area contributed by atoms with Gasteiger partial charge >= 0.3 is 0 Å². The Morgan fingerprint density at radius 1 is 0.667 bits per heavy atom. The predicted molar refractivity (Wildman–Crippen MR) is 154 cm³/mol. The summed E-state index contributed by atoms with van der Waals surface area (Å²) in [6.07, 6.45) is 1.72. The first-order chi connectivity index (χ1) is 19.2. The van der Waals surface area contributed by atoms with Crippen molar-refractivity contribution in [1.82, 2.24) is 15.1 Å². The minimum absolute atomic E-state index is 0.114. The Balaban J connectivity index is 1.30. The molecule has 0 radical (unpaired) electrons. The quantitative estimate of drug-likeness (QED) is 0.243. The largest absolute Gasteiger partial charge is 0.374 e. The van der Waals surface area contributed by atoms with E-state index >= 15 is 0 Å². The fourth-order valence-electron chi connectivity index (χ4n) is 5.19. The summed E-state index contributed by atoms with van der Waals surface area (Å²) in [6, 6.07) is 42.8. The number of hydrogen-bond donors (Lipinski definition) is 1. The Hall–Kier alpha value is -4.66. The van der Waals surface area contributed by atoms with Gasteiger partial charge in [-0.2, -0.15) is 5.26 Å². The second kappa shape index (κ2) is 12.7. The van der Waals surface area contributed by atoms with Crippen molar-refractivity contribution in [3.05, 3.63) is 155 Å². The molecule has 0 atom stereocenters. The third kappa shape index (κ3) is 6.43. The number of nitriles is 1. The molecular formula is C34H32N4O. The SMILES string of the molecule is N#C/C(=C/N1CCN(C(c2ccccc2)c2ccccc2)CC1)C(=O)NC(c1ccccc1)c1ccccc1. The van der Waals surface area contributed by atoms with Crippen LogP contribution in [0.3, 0.4) is 0 Å². The van der Waals surface area contributed by atoms with Crippen LogP contribution in [0.15, 0.2) is 133 Å². The van der Waals surface area contributed by atoms with Gasteiger partial charge in [0, 0.05) is 32.4 Å². The van der Waals surface area contributed by atoms with E-state index in [9.17, 15) is 10.1 Å². The summed E-state index contributed by atoms with van der Waals surface area (Å²) in [5.74, 6) is -0.371. The predicted octanol–water partition coefficient (Wildman–Crippen LogP) is 5.71. The topological polar surface area (TPSA) is 59.4 Å². The zero-order valence-electron chi connectivity index (χ0n) is 21.9. The first-order valence-electron chi connectivity index (χ1n) is 13.3. The third-order valence-electron chi connectivity index (χ3n) is 7.16. The summed E-state index contributed by atoms with van der Waals surface area (Å²) in [4.78, 5) is 17.9. The van der Waals surface area contributed by atoms with Crippen molar-refractivity contribution in [3.8, 4) is 6.07 Å². The maximum Gasteiger partial charge on any atom is 0.264 e. The van der Waals surface area contributed by atoms with Crippen LogP contribution in [0.1, 0.15) is 34.3 Å². The van der Waals surface area contributed by atoms with Gasteiger partial charge in [0.15, 0.2) is 0 Å². The molecule has 0 saturated carbocycles. The van der Waals surface area contributed by atoms with Crippen molar-refractivity contribution in [1.29, 1.82) is 5.26 Å². The highest BCUT2D eigenvalue weighted by atomic mass is 16.1. The zero-order chi connectivity index (χ0) is 26.9. The van der Waals surface area contributed by atoms with E-state index < -0.39 is 0 Å². The van der Waals surface area contributed by atoms with Gasteiger partial charge in [-0.05, 0) is 22.3 Å². The summed E-state index contributed by atoms with van der Waals surface area (Å²) in [5.41, 5.74) is 4.57. The molecule has 0 aliphatic carbocycles. The average molecular weight is 513 g/mol. The van der Waals surface area contributed by atoms with E-state index in [1.807, 2.05) is 72.8 Å². The second-order valence-corrected chi connectivity index (χ2v) is 9.68. The van der Waals surface area contributed by atoms with Gasteiger partial charge < -0.3 is 10.2 Å². The molecule has 194 valence electrons. The molecule has 1 aliphatic heterocycles. The third-order valence-corrected chi connectivity index (χ3v) is 7.16. The molecule has 0 aromatic heterocycles. The van der Waals surface area contributed by atoms with E-state index in [1.54, 1.807) is 6.20 Å². The molecule has 1 saturated heterocycles. The summed E-state index contributed by atoms with van der Waals surface area (Å²) in [6.45, 7) is 3.11. The molecule has 4 aromatic carbocycles. The van der Waals surface area contributed by atoms with Crippen LogP contribution in [0.5, 0.6) is 0 Å². The van der Waals surface area contributed by atoms with Gasteiger partial charge in [0.25, 0.3) is 5.91 Å². The van der Waals surface area contributed by atoms with Crippen LogP contribution in [-0.2, 0) is 4.79 Å². The molecule has 1 amide bonds. The van der Waals surface area contributed by atoms with E-state index in [0.717, 1.165) is 37.3 Å².